The first-order chi connectivity index (χ1) is 7.10. The lowest BCUT2D eigenvalue weighted by Gasteiger charge is -2.24. The maximum Gasteiger partial charge on any atom is 0.119 e. The van der Waals surface area contributed by atoms with E-state index in [9.17, 15) is 0 Å². The number of benzene rings is 1. The van der Waals surface area contributed by atoms with Crippen LogP contribution in [-0.2, 0) is 5.41 Å². The van der Waals surface area contributed by atoms with Crippen LogP contribution in [0.15, 0.2) is 24.3 Å². The van der Waals surface area contributed by atoms with Crippen molar-refractivity contribution in [3.63, 3.8) is 0 Å². The van der Waals surface area contributed by atoms with E-state index in [4.69, 9.17) is 16.3 Å². The van der Waals surface area contributed by atoms with Crippen LogP contribution in [0.2, 0.25) is 0 Å². The van der Waals surface area contributed by atoms with E-state index in [0.717, 1.165) is 12.2 Å². The van der Waals surface area contributed by atoms with Gasteiger partial charge in [-0.25, -0.2) is 0 Å². The van der Waals surface area contributed by atoms with Gasteiger partial charge in [0.25, 0.3) is 0 Å². The second-order valence-corrected chi connectivity index (χ2v) is 4.66. The molecule has 1 rings (SSSR count). The Hall–Kier alpha value is -0.690. The predicted molar refractivity (Wildman–Crippen MR) is 66.0 cm³/mol. The molecule has 0 saturated heterocycles. The van der Waals surface area contributed by atoms with Gasteiger partial charge in [-0.2, -0.15) is 0 Å². The van der Waals surface area contributed by atoms with Crippen LogP contribution in [0.25, 0.3) is 0 Å². The smallest absolute Gasteiger partial charge is 0.119 e. The van der Waals surface area contributed by atoms with Gasteiger partial charge in [0.2, 0.25) is 0 Å². The summed E-state index contributed by atoms with van der Waals surface area (Å²) in [7, 11) is 0. The molecule has 0 saturated carbocycles. The number of alkyl halides is 1. The number of hydrogen-bond donors (Lipinski definition) is 0. The standard InChI is InChI=1S/C13H19ClO/c1-4-15-12-7-5-11(6-8-12)13(2,3)9-10-14/h5-8H,4,9-10H2,1-3H3. The van der Waals surface area contributed by atoms with Crippen molar-refractivity contribution in [2.45, 2.75) is 32.6 Å². The fraction of sp³-hybridized carbons (Fsp3) is 0.538. The summed E-state index contributed by atoms with van der Waals surface area (Å²) in [5.74, 6) is 1.63. The molecule has 0 amide bonds. The molecule has 0 unspecified atom stereocenters. The van der Waals surface area contributed by atoms with Gasteiger partial charge in [-0.1, -0.05) is 26.0 Å². The summed E-state index contributed by atoms with van der Waals surface area (Å²) in [6.07, 6.45) is 0.989. The highest BCUT2D eigenvalue weighted by Crippen LogP contribution is 2.28. The van der Waals surface area contributed by atoms with Gasteiger partial charge in [0.05, 0.1) is 6.61 Å². The van der Waals surface area contributed by atoms with Crippen molar-refractivity contribution in [2.75, 3.05) is 12.5 Å². The number of rotatable bonds is 5. The van der Waals surface area contributed by atoms with E-state index >= 15 is 0 Å². The van der Waals surface area contributed by atoms with Gasteiger partial charge in [0.15, 0.2) is 0 Å². The molecular formula is C13H19ClO. The van der Waals surface area contributed by atoms with Crippen molar-refractivity contribution >= 4 is 11.6 Å². The third-order valence-corrected chi connectivity index (χ3v) is 2.86. The molecule has 0 heterocycles. The van der Waals surface area contributed by atoms with Crippen molar-refractivity contribution in [3.05, 3.63) is 29.8 Å². The molecule has 0 aliphatic rings. The molecule has 0 atom stereocenters. The minimum absolute atomic E-state index is 0.145. The third kappa shape index (κ3) is 3.42. The fourth-order valence-electron chi connectivity index (χ4n) is 1.55. The Balaban J connectivity index is 2.78. The van der Waals surface area contributed by atoms with Crippen LogP contribution in [0, 0.1) is 0 Å². The van der Waals surface area contributed by atoms with Gasteiger partial charge in [-0.15, -0.1) is 11.6 Å². The quantitative estimate of drug-likeness (QED) is 0.690. The molecule has 0 N–H and O–H groups in total. The van der Waals surface area contributed by atoms with E-state index in [0.29, 0.717) is 12.5 Å². The average Bonchev–Trinajstić information content (AvgIpc) is 2.19. The zero-order valence-electron chi connectivity index (χ0n) is 9.72. The van der Waals surface area contributed by atoms with Crippen LogP contribution in [0.3, 0.4) is 0 Å². The summed E-state index contributed by atoms with van der Waals surface area (Å²) in [6.45, 7) is 7.13. The second kappa shape index (κ2) is 5.41. The summed E-state index contributed by atoms with van der Waals surface area (Å²) in [6, 6.07) is 8.29. The van der Waals surface area contributed by atoms with Crippen molar-refractivity contribution in [3.8, 4) is 5.75 Å². The topological polar surface area (TPSA) is 9.23 Å². The van der Waals surface area contributed by atoms with Crippen LogP contribution in [0.5, 0.6) is 5.75 Å². The highest BCUT2D eigenvalue weighted by molar-refractivity contribution is 6.17. The molecule has 0 fully saturated rings. The van der Waals surface area contributed by atoms with Crippen LogP contribution in [0.1, 0.15) is 32.8 Å². The van der Waals surface area contributed by atoms with Gasteiger partial charge >= 0.3 is 0 Å². The Kier molecular flexibility index (Phi) is 4.46. The predicted octanol–water partition coefficient (Wildman–Crippen LogP) is 3.99. The van der Waals surface area contributed by atoms with Crippen LogP contribution in [-0.4, -0.2) is 12.5 Å². The number of halogens is 1. The van der Waals surface area contributed by atoms with Gasteiger partial charge in [0, 0.05) is 5.88 Å². The summed E-state index contributed by atoms with van der Waals surface area (Å²) in [5, 5.41) is 0. The molecule has 84 valence electrons. The van der Waals surface area contributed by atoms with E-state index in [2.05, 4.69) is 26.0 Å². The molecule has 1 aromatic rings. The summed E-state index contributed by atoms with van der Waals surface area (Å²) in [4.78, 5) is 0. The van der Waals surface area contributed by atoms with E-state index in [-0.39, 0.29) is 5.41 Å². The first-order valence-corrected chi connectivity index (χ1v) is 5.93. The third-order valence-electron chi connectivity index (χ3n) is 2.67. The van der Waals surface area contributed by atoms with Gasteiger partial charge in [-0.05, 0) is 36.5 Å². The first-order valence-electron chi connectivity index (χ1n) is 5.39. The van der Waals surface area contributed by atoms with E-state index in [1.54, 1.807) is 0 Å². The average molecular weight is 227 g/mol. The molecular weight excluding hydrogens is 208 g/mol. The molecule has 15 heavy (non-hydrogen) atoms. The molecule has 1 aromatic carbocycles. The lowest BCUT2D eigenvalue weighted by Crippen LogP contribution is -2.17. The van der Waals surface area contributed by atoms with Crippen molar-refractivity contribution in [1.82, 2.24) is 0 Å². The minimum atomic E-state index is 0.145. The minimum Gasteiger partial charge on any atom is -0.494 e. The Labute approximate surface area is 97.4 Å². The van der Waals surface area contributed by atoms with Crippen molar-refractivity contribution in [2.24, 2.45) is 0 Å². The zero-order chi connectivity index (χ0) is 11.3. The Morgan fingerprint density at radius 3 is 2.27 bits per heavy atom. The summed E-state index contributed by atoms with van der Waals surface area (Å²) < 4.78 is 5.41. The Morgan fingerprint density at radius 1 is 1.20 bits per heavy atom. The largest absolute Gasteiger partial charge is 0.494 e. The number of hydrogen-bond acceptors (Lipinski definition) is 1. The van der Waals surface area contributed by atoms with Crippen molar-refractivity contribution in [1.29, 1.82) is 0 Å². The van der Waals surface area contributed by atoms with E-state index in [1.807, 2.05) is 19.1 Å². The Bertz CT molecular complexity index is 290. The molecule has 0 bridgehead atoms. The summed E-state index contributed by atoms with van der Waals surface area (Å²) >= 11 is 5.79. The fourth-order valence-corrected chi connectivity index (χ4v) is 2.02. The molecule has 0 radical (unpaired) electrons. The van der Waals surface area contributed by atoms with E-state index < -0.39 is 0 Å². The monoisotopic (exact) mass is 226 g/mol. The van der Waals surface area contributed by atoms with E-state index in [1.165, 1.54) is 5.56 Å². The molecule has 0 aromatic heterocycles. The van der Waals surface area contributed by atoms with Gasteiger partial charge in [-0.3, -0.25) is 0 Å². The lowest BCUT2D eigenvalue weighted by molar-refractivity contribution is 0.340. The van der Waals surface area contributed by atoms with Gasteiger partial charge < -0.3 is 4.74 Å². The van der Waals surface area contributed by atoms with Crippen LogP contribution in [0.4, 0.5) is 0 Å². The molecule has 0 aliphatic carbocycles. The second-order valence-electron chi connectivity index (χ2n) is 4.28. The lowest BCUT2D eigenvalue weighted by atomic mass is 9.82. The van der Waals surface area contributed by atoms with Crippen molar-refractivity contribution < 1.29 is 4.74 Å². The first kappa shape index (κ1) is 12.4. The number of ether oxygens (including phenoxy) is 1. The highest BCUT2D eigenvalue weighted by atomic mass is 35.5. The van der Waals surface area contributed by atoms with Crippen LogP contribution >= 0.6 is 11.6 Å². The zero-order valence-corrected chi connectivity index (χ0v) is 10.5. The molecule has 2 heteroatoms. The highest BCUT2D eigenvalue weighted by Gasteiger charge is 2.19. The van der Waals surface area contributed by atoms with Crippen LogP contribution < -0.4 is 4.74 Å². The molecule has 0 spiro atoms. The molecule has 0 aliphatic heterocycles. The maximum atomic E-state index is 5.79. The molecule has 1 nitrogen and oxygen atoms in total. The Morgan fingerprint density at radius 2 is 1.80 bits per heavy atom. The normalized spacial score (nSPS) is 11.5. The van der Waals surface area contributed by atoms with Gasteiger partial charge in [0.1, 0.15) is 5.75 Å². The summed E-state index contributed by atoms with van der Waals surface area (Å²) in [5.41, 5.74) is 1.46. The SMILES string of the molecule is CCOc1ccc(C(C)(C)CCCl)cc1. The maximum absolute atomic E-state index is 5.79.